The highest BCUT2D eigenvalue weighted by Crippen LogP contribution is 2.31. The van der Waals surface area contributed by atoms with E-state index in [1.807, 2.05) is 48.5 Å². The van der Waals surface area contributed by atoms with Crippen LogP contribution in [0.15, 0.2) is 78.9 Å². The fourth-order valence-corrected chi connectivity index (χ4v) is 9.34. The van der Waals surface area contributed by atoms with Crippen LogP contribution in [0, 0.1) is 11.6 Å². The number of rotatable bonds is 12. The third-order valence-electron chi connectivity index (χ3n) is 12.8. The average Bonchev–Trinajstić information content (AvgIpc) is 3.67. The smallest absolute Gasteiger partial charge is 0.258 e. The lowest BCUT2D eigenvalue weighted by molar-refractivity contribution is -0.133. The van der Waals surface area contributed by atoms with Gasteiger partial charge >= 0.3 is 0 Å². The van der Waals surface area contributed by atoms with Crippen molar-refractivity contribution in [3.63, 3.8) is 0 Å². The molecule has 0 spiro atoms. The molecular formula is C47H53F2N9O4. The molecule has 1 unspecified atom stereocenters. The molecule has 1 aromatic heterocycles. The van der Waals surface area contributed by atoms with Gasteiger partial charge in [-0.05, 0) is 117 Å². The second-order valence-corrected chi connectivity index (χ2v) is 17.0. The number of hydrogen-bond acceptors (Lipinski definition) is 10. The summed E-state index contributed by atoms with van der Waals surface area (Å²) in [5.74, 6) is -1.63. The molecule has 5 N–H and O–H groups in total. The number of halogens is 2. The Morgan fingerprint density at radius 1 is 0.790 bits per heavy atom. The molecule has 13 nitrogen and oxygen atoms in total. The van der Waals surface area contributed by atoms with Gasteiger partial charge in [0.2, 0.25) is 11.8 Å². The van der Waals surface area contributed by atoms with Gasteiger partial charge in [0.15, 0.2) is 5.82 Å². The van der Waals surface area contributed by atoms with Gasteiger partial charge < -0.3 is 25.6 Å². The van der Waals surface area contributed by atoms with Gasteiger partial charge in [0, 0.05) is 93.0 Å². The predicted octanol–water partition coefficient (Wildman–Crippen LogP) is 6.28. The van der Waals surface area contributed by atoms with Gasteiger partial charge in [0.05, 0.1) is 11.1 Å². The van der Waals surface area contributed by atoms with Crippen molar-refractivity contribution in [3.8, 4) is 0 Å². The molecule has 5 aromatic rings. The van der Waals surface area contributed by atoms with E-state index in [1.54, 1.807) is 0 Å². The highest BCUT2D eigenvalue weighted by molar-refractivity contribution is 6.11. The minimum Gasteiger partial charge on any atom is -0.381 e. The number of H-pyrrole nitrogens is 1. The third-order valence-corrected chi connectivity index (χ3v) is 12.8. The summed E-state index contributed by atoms with van der Waals surface area (Å²) in [6, 6.07) is 23.6. The van der Waals surface area contributed by atoms with Crippen molar-refractivity contribution in [2.75, 3.05) is 73.3 Å². The number of para-hydroxylation sites is 1. The molecule has 4 aromatic carbocycles. The van der Waals surface area contributed by atoms with Crippen LogP contribution in [0.1, 0.15) is 65.6 Å². The molecule has 1 atom stereocenters. The number of aromatic nitrogens is 2. The van der Waals surface area contributed by atoms with Crippen molar-refractivity contribution in [2.45, 2.75) is 69.6 Å². The second kappa shape index (κ2) is 18.6. The van der Waals surface area contributed by atoms with Crippen LogP contribution in [0.4, 0.5) is 31.7 Å². The van der Waals surface area contributed by atoms with Crippen LogP contribution in [0.5, 0.6) is 0 Å². The van der Waals surface area contributed by atoms with Crippen LogP contribution in [-0.4, -0.2) is 108 Å². The number of carbonyl (C=O) groups is 3. The Kier molecular flexibility index (Phi) is 12.4. The topological polar surface area (TPSA) is 147 Å². The first-order valence-corrected chi connectivity index (χ1v) is 21.8. The van der Waals surface area contributed by atoms with Crippen molar-refractivity contribution < 1.29 is 27.9 Å². The summed E-state index contributed by atoms with van der Waals surface area (Å²) in [5.41, 5.74) is 6.53. The number of nitrogens with zero attached hydrogens (tertiary/aromatic N) is 4. The van der Waals surface area contributed by atoms with Gasteiger partial charge in [-0.1, -0.05) is 24.3 Å². The van der Waals surface area contributed by atoms with Gasteiger partial charge in [0.1, 0.15) is 17.7 Å². The van der Waals surface area contributed by atoms with Crippen LogP contribution in [0.25, 0.3) is 10.9 Å². The van der Waals surface area contributed by atoms with E-state index in [9.17, 15) is 23.2 Å². The van der Waals surface area contributed by atoms with Crippen LogP contribution < -0.4 is 26.2 Å². The second-order valence-electron chi connectivity index (χ2n) is 17.0. The van der Waals surface area contributed by atoms with E-state index in [4.69, 9.17) is 4.74 Å². The zero-order chi connectivity index (χ0) is 42.6. The Morgan fingerprint density at radius 2 is 1.56 bits per heavy atom. The molecule has 9 rings (SSSR count). The van der Waals surface area contributed by atoms with E-state index in [1.165, 1.54) is 12.1 Å². The number of ether oxygens (including phenoxy) is 1. The van der Waals surface area contributed by atoms with Crippen molar-refractivity contribution in [1.29, 1.82) is 0 Å². The van der Waals surface area contributed by atoms with E-state index in [2.05, 4.69) is 58.3 Å². The molecule has 3 amide bonds. The quantitative estimate of drug-likeness (QED) is 0.0911. The number of hydrogen-bond donors (Lipinski definition) is 5. The number of imide groups is 1. The van der Waals surface area contributed by atoms with Crippen molar-refractivity contribution in [3.05, 3.63) is 113 Å². The largest absolute Gasteiger partial charge is 0.381 e. The Balaban J connectivity index is 0.823. The molecule has 324 valence electrons. The molecular weight excluding hydrogens is 793 g/mol. The fraction of sp³-hybridized carbons (Fsp3) is 0.404. The highest BCUT2D eigenvalue weighted by Gasteiger charge is 2.30. The van der Waals surface area contributed by atoms with Crippen LogP contribution >= 0.6 is 0 Å². The van der Waals surface area contributed by atoms with E-state index >= 15 is 0 Å². The minimum absolute atomic E-state index is 0.171. The lowest BCUT2D eigenvalue weighted by atomic mass is 10.0. The summed E-state index contributed by atoms with van der Waals surface area (Å²) in [6.45, 7) is 7.79. The first-order valence-electron chi connectivity index (χ1n) is 21.8. The van der Waals surface area contributed by atoms with Gasteiger partial charge in [-0.2, -0.15) is 5.10 Å². The summed E-state index contributed by atoms with van der Waals surface area (Å²) < 4.78 is 33.4. The minimum atomic E-state index is -0.622. The molecule has 62 heavy (non-hydrogen) atoms. The van der Waals surface area contributed by atoms with Crippen LogP contribution in [-0.2, 0) is 27.3 Å². The number of carbonyl (C=O) groups excluding carboxylic acids is 3. The molecule has 15 heteroatoms. The number of nitrogens with one attached hydrogen (secondary N) is 5. The molecule has 4 fully saturated rings. The van der Waals surface area contributed by atoms with E-state index in [0.717, 1.165) is 111 Å². The molecule has 5 heterocycles. The van der Waals surface area contributed by atoms with Gasteiger partial charge in [-0.15, -0.1) is 0 Å². The maximum atomic E-state index is 14.1. The molecule has 4 saturated heterocycles. The van der Waals surface area contributed by atoms with Crippen molar-refractivity contribution in [1.82, 2.24) is 25.3 Å². The van der Waals surface area contributed by atoms with Gasteiger partial charge in [-0.25, -0.2) is 8.78 Å². The standard InChI is InChI=1S/C47H53F2N9O4/c48-33-24-31(25-34(49)27-33)23-30-5-8-41-39(26-30)45(55-54-41)53-46(60)38-7-6-37(28-43(38)50-35-13-21-62-22-14-35)58-19-17-57(18-20-58)36-11-15-56(16-12-36)29-32-3-1-2-4-40(32)51-42-9-10-44(59)52-47(42)61/h1-8,24-28,35-36,42,50-51H,9-23,29H2,(H,52,59,61)(H2,53,54,55,60). The molecule has 4 aliphatic heterocycles. The summed E-state index contributed by atoms with van der Waals surface area (Å²) in [4.78, 5) is 45.6. The third kappa shape index (κ3) is 9.75. The summed E-state index contributed by atoms with van der Waals surface area (Å²) >= 11 is 0. The number of likely N-dealkylation sites (tertiary alicyclic amines) is 1. The fourth-order valence-electron chi connectivity index (χ4n) is 9.34. The summed E-state index contributed by atoms with van der Waals surface area (Å²) in [7, 11) is 0. The van der Waals surface area contributed by atoms with E-state index in [0.29, 0.717) is 60.8 Å². The first-order chi connectivity index (χ1) is 30.2. The Morgan fingerprint density at radius 3 is 2.34 bits per heavy atom. The molecule has 0 saturated carbocycles. The number of amides is 3. The zero-order valence-corrected chi connectivity index (χ0v) is 34.7. The average molecular weight is 846 g/mol. The number of piperidine rings is 2. The van der Waals surface area contributed by atoms with Crippen LogP contribution in [0.2, 0.25) is 0 Å². The monoisotopic (exact) mass is 845 g/mol. The van der Waals surface area contributed by atoms with Gasteiger partial charge in [0.25, 0.3) is 5.91 Å². The first kappa shape index (κ1) is 41.5. The number of anilines is 4. The Labute approximate surface area is 359 Å². The predicted molar refractivity (Wildman–Crippen MR) is 235 cm³/mol. The van der Waals surface area contributed by atoms with Gasteiger partial charge in [-0.3, -0.25) is 34.6 Å². The normalized spacial score (nSPS) is 19.7. The highest BCUT2D eigenvalue weighted by atomic mass is 19.1. The van der Waals surface area contributed by atoms with Crippen LogP contribution in [0.3, 0.4) is 0 Å². The lowest BCUT2D eigenvalue weighted by Gasteiger charge is -2.43. The number of benzene rings is 4. The molecule has 0 bridgehead atoms. The molecule has 4 aliphatic rings. The lowest BCUT2D eigenvalue weighted by Crippen LogP contribution is -2.53. The summed E-state index contributed by atoms with van der Waals surface area (Å²) in [5, 5.41) is 20.7. The van der Waals surface area contributed by atoms with E-state index in [-0.39, 0.29) is 23.8 Å². The zero-order valence-electron chi connectivity index (χ0n) is 34.7. The number of piperazine rings is 1. The van der Waals surface area contributed by atoms with Crippen molar-refractivity contribution in [2.24, 2.45) is 0 Å². The SMILES string of the molecule is O=C1CCC(Nc2ccccc2CN2CCC(N3CCN(c4ccc(C(=O)Nc5n[nH]c6ccc(Cc7cc(F)cc(F)c7)cc56)c(NC5CCOCC5)c4)CC3)CC2)C(=O)N1. The number of aromatic amines is 1. The Hall–Kier alpha value is -5.90. The summed E-state index contributed by atoms with van der Waals surface area (Å²) in [6.07, 6.45) is 5.02. The maximum absolute atomic E-state index is 14.1. The Bertz CT molecular complexity index is 2400. The molecule has 0 aliphatic carbocycles. The van der Waals surface area contributed by atoms with E-state index < -0.39 is 17.7 Å². The van der Waals surface area contributed by atoms with Crippen molar-refractivity contribution >= 4 is 51.5 Å². The molecule has 0 radical (unpaired) electrons. The maximum Gasteiger partial charge on any atom is 0.258 e. The number of fused-ring (bicyclic) bond motifs is 1.